The van der Waals surface area contributed by atoms with Crippen LogP contribution in [0.15, 0.2) is 62.0 Å². The number of hydrogen-bond donors (Lipinski definition) is 1. The minimum Gasteiger partial charge on any atom is -0.456 e. The van der Waals surface area contributed by atoms with Crippen LogP contribution in [-0.4, -0.2) is 29.8 Å². The molecule has 0 saturated carbocycles. The molecule has 0 unspecified atom stereocenters. The van der Waals surface area contributed by atoms with E-state index in [0.717, 1.165) is 34.4 Å². The SMILES string of the molecule is CCc1c(/C=C/C=c2\oc(=O)/c(=C/C=C3\Oc4cc(Cl)ccc4N3CCCCS(=O)(=O)O)n2CC)oc2cc(C)c(C)cc12. The topological polar surface area (TPSA) is 115 Å². The normalized spacial score (nSPS) is 15.3. The van der Waals surface area contributed by atoms with Crippen molar-refractivity contribution in [2.45, 2.75) is 53.5 Å². The molecule has 0 saturated heterocycles. The molecule has 0 atom stereocenters. The summed E-state index contributed by atoms with van der Waals surface area (Å²) in [6, 6.07) is 9.47. The summed E-state index contributed by atoms with van der Waals surface area (Å²) in [6.45, 7) is 9.09. The second kappa shape index (κ2) is 12.9. The average Bonchev–Trinajstić information content (AvgIpc) is 3.58. The fourth-order valence-electron chi connectivity index (χ4n) is 5.32. The number of hydrogen-bond acceptors (Lipinski definition) is 7. The molecule has 2 aromatic heterocycles. The zero-order chi connectivity index (χ0) is 31.6. The average molecular weight is 639 g/mol. The number of unbranched alkanes of at least 4 members (excludes halogenated alkanes) is 1. The van der Waals surface area contributed by atoms with Crippen molar-refractivity contribution in [2.24, 2.45) is 0 Å². The fraction of sp³-hybridized carbons (Fsp3) is 0.303. The highest BCUT2D eigenvalue weighted by Gasteiger charge is 2.26. The maximum Gasteiger partial charge on any atom is 0.361 e. The van der Waals surface area contributed by atoms with Gasteiger partial charge in [-0.15, -0.1) is 0 Å². The van der Waals surface area contributed by atoms with Gasteiger partial charge < -0.3 is 23.0 Å². The first kappa shape index (κ1) is 31.4. The third-order valence-electron chi connectivity index (χ3n) is 7.67. The van der Waals surface area contributed by atoms with Crippen molar-refractivity contribution in [3.8, 4) is 5.75 Å². The quantitative estimate of drug-likeness (QED) is 0.173. The zero-order valence-corrected chi connectivity index (χ0v) is 26.7. The third-order valence-corrected chi connectivity index (χ3v) is 8.71. The number of rotatable bonds is 10. The second-order valence-corrected chi connectivity index (χ2v) is 12.7. The fourth-order valence-corrected chi connectivity index (χ4v) is 6.05. The Labute approximate surface area is 260 Å². The van der Waals surface area contributed by atoms with Gasteiger partial charge >= 0.3 is 5.63 Å². The molecule has 0 bridgehead atoms. The number of aryl methyl sites for hydroxylation is 3. The van der Waals surface area contributed by atoms with Gasteiger partial charge in [0.2, 0.25) is 11.4 Å². The molecule has 5 rings (SSSR count). The molecular formula is C33H35ClN2O7S. The highest BCUT2D eigenvalue weighted by molar-refractivity contribution is 7.85. The summed E-state index contributed by atoms with van der Waals surface area (Å²) < 4.78 is 50.9. The molecule has 4 aromatic rings. The van der Waals surface area contributed by atoms with E-state index in [-0.39, 0.29) is 12.2 Å². The Bertz CT molecular complexity index is 2070. The highest BCUT2D eigenvalue weighted by Crippen LogP contribution is 2.40. The van der Waals surface area contributed by atoms with E-state index in [2.05, 4.69) is 32.9 Å². The number of nitrogens with zero attached hydrogens (tertiary/aromatic N) is 2. The van der Waals surface area contributed by atoms with E-state index in [9.17, 15) is 13.2 Å². The van der Waals surface area contributed by atoms with E-state index in [1.165, 1.54) is 11.1 Å². The largest absolute Gasteiger partial charge is 0.456 e. The molecule has 232 valence electrons. The summed E-state index contributed by atoms with van der Waals surface area (Å²) in [7, 11) is -4.04. The van der Waals surface area contributed by atoms with Crippen LogP contribution in [0.1, 0.15) is 49.1 Å². The maximum atomic E-state index is 12.9. The van der Waals surface area contributed by atoms with Crippen LogP contribution in [0.4, 0.5) is 5.69 Å². The van der Waals surface area contributed by atoms with Gasteiger partial charge in [-0.25, -0.2) is 4.79 Å². The third kappa shape index (κ3) is 6.72. The predicted molar refractivity (Wildman–Crippen MR) is 174 cm³/mol. The highest BCUT2D eigenvalue weighted by atomic mass is 35.5. The van der Waals surface area contributed by atoms with E-state index in [1.54, 1.807) is 34.9 Å². The number of allylic oxidation sites excluding steroid dienone is 2. The van der Waals surface area contributed by atoms with Crippen LogP contribution in [0.3, 0.4) is 0 Å². The van der Waals surface area contributed by atoms with Gasteiger partial charge in [0.25, 0.3) is 10.1 Å². The monoisotopic (exact) mass is 638 g/mol. The number of anilines is 1. The standard InChI is InChI=1S/C33H35ClN2O7S/c1-5-24-25-18-21(3)22(4)19-29(25)41-28(24)10-9-11-31-35(6-2)27(33(37)43-31)14-15-32-36(16-7-8-17-44(38,39)40)26-13-12-23(34)20-30(26)42-32/h9-15,18-20H,5-8,16-17H2,1-4H3,(H,38,39,40)/b10-9+,27-14-,31-11-,32-15-. The summed E-state index contributed by atoms with van der Waals surface area (Å²) in [5.41, 5.74) is 5.03. The number of oxazole rings is 1. The van der Waals surface area contributed by atoms with Gasteiger partial charge in [0.15, 0.2) is 5.75 Å². The van der Waals surface area contributed by atoms with E-state index in [0.29, 0.717) is 47.1 Å². The van der Waals surface area contributed by atoms with Crippen molar-refractivity contribution in [1.29, 1.82) is 0 Å². The lowest BCUT2D eigenvalue weighted by molar-refractivity contribution is 0.437. The molecule has 0 amide bonds. The zero-order valence-electron chi connectivity index (χ0n) is 25.1. The molecular weight excluding hydrogens is 604 g/mol. The first-order chi connectivity index (χ1) is 21.0. The minimum absolute atomic E-state index is 0.275. The molecule has 0 radical (unpaired) electrons. The Morgan fingerprint density at radius 2 is 1.77 bits per heavy atom. The van der Waals surface area contributed by atoms with Gasteiger partial charge in [-0.3, -0.25) is 4.55 Å². The van der Waals surface area contributed by atoms with Gasteiger partial charge in [0.1, 0.15) is 16.7 Å². The summed E-state index contributed by atoms with van der Waals surface area (Å²) >= 11 is 6.17. The molecule has 1 aliphatic heterocycles. The second-order valence-electron chi connectivity index (χ2n) is 10.6. The lowest BCUT2D eigenvalue weighted by Crippen LogP contribution is -2.31. The van der Waals surface area contributed by atoms with E-state index >= 15 is 0 Å². The molecule has 44 heavy (non-hydrogen) atoms. The lowest BCUT2D eigenvalue weighted by atomic mass is 10.0. The van der Waals surface area contributed by atoms with E-state index < -0.39 is 15.7 Å². The first-order valence-electron chi connectivity index (χ1n) is 14.5. The van der Waals surface area contributed by atoms with E-state index in [4.69, 9.17) is 29.7 Å². The Kier molecular flexibility index (Phi) is 9.24. The number of benzene rings is 2. The van der Waals surface area contributed by atoms with Crippen molar-refractivity contribution < 1.29 is 26.5 Å². The molecule has 0 aliphatic carbocycles. The Morgan fingerprint density at radius 3 is 2.50 bits per heavy atom. The Morgan fingerprint density at radius 1 is 1.00 bits per heavy atom. The van der Waals surface area contributed by atoms with Gasteiger partial charge in [-0.05, 0) is 93.7 Å². The number of aromatic nitrogens is 1. The molecule has 3 heterocycles. The van der Waals surface area contributed by atoms with Gasteiger partial charge in [0, 0.05) is 41.2 Å². The first-order valence-corrected chi connectivity index (χ1v) is 16.5. The summed E-state index contributed by atoms with van der Waals surface area (Å²) in [4.78, 5) is 14.8. The van der Waals surface area contributed by atoms with Crippen LogP contribution >= 0.6 is 11.6 Å². The van der Waals surface area contributed by atoms with Crippen molar-refractivity contribution in [3.63, 3.8) is 0 Å². The number of halogens is 1. The Balaban J connectivity index is 1.46. The van der Waals surface area contributed by atoms with Crippen LogP contribution in [0, 0.1) is 13.8 Å². The van der Waals surface area contributed by atoms with Crippen LogP contribution in [0.25, 0.3) is 29.2 Å². The van der Waals surface area contributed by atoms with Gasteiger partial charge in [-0.2, -0.15) is 8.42 Å². The molecule has 0 fully saturated rings. The molecule has 1 N–H and O–H groups in total. The van der Waals surface area contributed by atoms with Crippen molar-refractivity contribution >= 4 is 56.6 Å². The Hall–Kier alpha value is -3.99. The molecule has 9 nitrogen and oxygen atoms in total. The van der Waals surface area contributed by atoms with Crippen LogP contribution in [-0.2, 0) is 23.1 Å². The summed E-state index contributed by atoms with van der Waals surface area (Å²) in [5.74, 6) is 1.44. The van der Waals surface area contributed by atoms with Crippen LogP contribution in [0.2, 0.25) is 5.02 Å². The number of ether oxygens (including phenoxy) is 1. The molecule has 0 spiro atoms. The van der Waals surface area contributed by atoms with Crippen molar-refractivity contribution in [2.75, 3.05) is 17.2 Å². The lowest BCUT2D eigenvalue weighted by Gasteiger charge is -2.17. The van der Waals surface area contributed by atoms with Crippen molar-refractivity contribution in [3.05, 3.63) is 97.2 Å². The number of fused-ring (bicyclic) bond motifs is 2. The van der Waals surface area contributed by atoms with Crippen LogP contribution in [0.5, 0.6) is 5.75 Å². The maximum absolute atomic E-state index is 12.9. The minimum atomic E-state index is -4.04. The van der Waals surface area contributed by atoms with Crippen molar-refractivity contribution in [1.82, 2.24) is 4.57 Å². The van der Waals surface area contributed by atoms with Crippen LogP contribution < -0.4 is 26.2 Å². The molecule has 2 aromatic carbocycles. The van der Waals surface area contributed by atoms with Gasteiger partial charge in [-0.1, -0.05) is 24.6 Å². The molecule has 1 aliphatic rings. The summed E-state index contributed by atoms with van der Waals surface area (Å²) in [5, 5.41) is 1.95. The smallest absolute Gasteiger partial charge is 0.361 e. The molecule has 11 heteroatoms. The van der Waals surface area contributed by atoms with E-state index in [1.807, 2.05) is 30.0 Å². The summed E-state index contributed by atoms with van der Waals surface area (Å²) in [6.07, 6.45) is 10.3. The van der Waals surface area contributed by atoms with Gasteiger partial charge in [0.05, 0.1) is 11.4 Å². The number of furan rings is 1. The predicted octanol–water partition coefficient (Wildman–Crippen LogP) is 5.72.